The lowest BCUT2D eigenvalue weighted by molar-refractivity contribution is -0.126. The van der Waals surface area contributed by atoms with E-state index in [4.69, 9.17) is 39.5 Å². The molecule has 1 atom stereocenters. The number of nitrogens with zero attached hydrogens (tertiary/aromatic N) is 2. The Morgan fingerprint density at radius 1 is 1.03 bits per heavy atom. The molecule has 4 rings (SSSR count). The smallest absolute Gasteiger partial charge is 0.245 e. The number of anilines is 1. The molecule has 6 nitrogen and oxygen atoms in total. The number of hydrazone groups is 1. The summed E-state index contributed by atoms with van der Waals surface area (Å²) < 4.78 is 5.75. The lowest BCUT2D eigenvalue weighted by Gasteiger charge is -2.16. The average Bonchev–Trinajstić information content (AvgIpc) is 3.22. The van der Waals surface area contributed by atoms with Gasteiger partial charge in [0.2, 0.25) is 11.8 Å². The molecule has 0 saturated carbocycles. The zero-order valence-electron chi connectivity index (χ0n) is 17.9. The summed E-state index contributed by atoms with van der Waals surface area (Å²) in [4.78, 5) is 26.4. The minimum atomic E-state index is -0.479. The van der Waals surface area contributed by atoms with Crippen LogP contribution < -0.4 is 15.1 Å². The molecule has 34 heavy (non-hydrogen) atoms. The highest BCUT2D eigenvalue weighted by Crippen LogP contribution is 2.27. The second-order valence-corrected chi connectivity index (χ2v) is 8.92. The molecule has 0 aromatic heterocycles. The zero-order chi connectivity index (χ0) is 24.1. The second-order valence-electron chi connectivity index (χ2n) is 7.67. The summed E-state index contributed by atoms with van der Waals surface area (Å²) in [6.07, 6.45) is 1.66. The third-order valence-electron chi connectivity index (χ3n) is 5.35. The third-order valence-corrected chi connectivity index (χ3v) is 6.31. The van der Waals surface area contributed by atoms with Crippen LogP contribution in [0.5, 0.6) is 5.75 Å². The van der Waals surface area contributed by atoms with Crippen molar-refractivity contribution in [2.75, 3.05) is 11.4 Å². The van der Waals surface area contributed by atoms with Crippen molar-refractivity contribution in [1.82, 2.24) is 5.43 Å². The van der Waals surface area contributed by atoms with Crippen molar-refractivity contribution in [3.8, 4) is 5.75 Å². The van der Waals surface area contributed by atoms with Crippen LogP contribution >= 0.6 is 34.8 Å². The van der Waals surface area contributed by atoms with Crippen LogP contribution in [-0.2, 0) is 16.2 Å². The van der Waals surface area contributed by atoms with Gasteiger partial charge in [-0.2, -0.15) is 5.10 Å². The van der Waals surface area contributed by atoms with Crippen molar-refractivity contribution in [3.63, 3.8) is 0 Å². The summed E-state index contributed by atoms with van der Waals surface area (Å²) in [6.45, 7) is 0.540. The number of amides is 2. The van der Waals surface area contributed by atoms with Crippen molar-refractivity contribution in [3.05, 3.63) is 92.9 Å². The average molecular weight is 517 g/mol. The van der Waals surface area contributed by atoms with E-state index in [1.165, 1.54) is 6.21 Å². The van der Waals surface area contributed by atoms with E-state index in [1.54, 1.807) is 71.6 Å². The Morgan fingerprint density at radius 3 is 2.38 bits per heavy atom. The van der Waals surface area contributed by atoms with Crippen molar-refractivity contribution in [2.24, 2.45) is 11.0 Å². The summed E-state index contributed by atoms with van der Waals surface area (Å²) in [5, 5.41) is 5.70. The molecule has 0 unspecified atom stereocenters. The first-order valence-corrected chi connectivity index (χ1v) is 11.6. The van der Waals surface area contributed by atoms with Crippen molar-refractivity contribution in [2.45, 2.75) is 13.0 Å². The summed E-state index contributed by atoms with van der Waals surface area (Å²) in [5.74, 6) is -0.255. The maximum absolute atomic E-state index is 12.5. The normalized spacial score (nSPS) is 15.7. The number of rotatable bonds is 7. The van der Waals surface area contributed by atoms with E-state index in [2.05, 4.69) is 10.5 Å². The van der Waals surface area contributed by atoms with Gasteiger partial charge in [-0.05, 0) is 66.2 Å². The van der Waals surface area contributed by atoms with Crippen LogP contribution in [0.3, 0.4) is 0 Å². The molecule has 1 aliphatic rings. The summed E-state index contributed by atoms with van der Waals surface area (Å²) in [7, 11) is 0. The number of hydrogen-bond donors (Lipinski definition) is 1. The van der Waals surface area contributed by atoms with Gasteiger partial charge in [0.25, 0.3) is 0 Å². The number of carbonyl (C=O) groups is 2. The Balaban J connectivity index is 1.28. The number of nitrogens with one attached hydrogen (secondary N) is 1. The molecule has 0 bridgehead atoms. The van der Waals surface area contributed by atoms with Crippen LogP contribution in [0, 0.1) is 5.92 Å². The van der Waals surface area contributed by atoms with Gasteiger partial charge in [0, 0.05) is 39.3 Å². The standard InChI is InChI=1S/C25H20Cl3N3O3/c26-18-6-8-19(9-7-18)31-14-17(12-24(31)32)25(33)30-29-13-16-4-10-20(11-5-16)34-15-21-22(27)2-1-3-23(21)28/h1-11,13,17H,12,14-15H2,(H,30,33)/b29-13-/t17-/m0/s1. The van der Waals surface area contributed by atoms with Gasteiger partial charge in [-0.15, -0.1) is 0 Å². The van der Waals surface area contributed by atoms with E-state index in [-0.39, 0.29) is 24.8 Å². The highest BCUT2D eigenvalue weighted by molar-refractivity contribution is 6.36. The van der Waals surface area contributed by atoms with E-state index >= 15 is 0 Å². The van der Waals surface area contributed by atoms with Crippen LogP contribution in [-0.4, -0.2) is 24.6 Å². The van der Waals surface area contributed by atoms with Gasteiger partial charge in [0.1, 0.15) is 12.4 Å². The lowest BCUT2D eigenvalue weighted by Crippen LogP contribution is -2.30. The fourth-order valence-corrected chi connectivity index (χ4v) is 4.12. The van der Waals surface area contributed by atoms with Crippen molar-refractivity contribution >= 4 is 58.5 Å². The number of ether oxygens (including phenoxy) is 1. The molecule has 1 N–H and O–H groups in total. The van der Waals surface area contributed by atoms with E-state index in [1.807, 2.05) is 0 Å². The van der Waals surface area contributed by atoms with Crippen LogP contribution in [0.2, 0.25) is 15.1 Å². The SMILES string of the molecule is O=C(N/N=C\c1ccc(OCc2c(Cl)cccc2Cl)cc1)[C@H]1CC(=O)N(c2ccc(Cl)cc2)C1. The molecule has 174 valence electrons. The molecule has 1 heterocycles. The van der Waals surface area contributed by atoms with Gasteiger partial charge in [0.15, 0.2) is 0 Å². The highest BCUT2D eigenvalue weighted by atomic mass is 35.5. The maximum atomic E-state index is 12.5. The lowest BCUT2D eigenvalue weighted by atomic mass is 10.1. The van der Waals surface area contributed by atoms with Gasteiger partial charge in [0.05, 0.1) is 12.1 Å². The highest BCUT2D eigenvalue weighted by Gasteiger charge is 2.35. The molecular weight excluding hydrogens is 497 g/mol. The first-order chi connectivity index (χ1) is 16.4. The first kappa shape index (κ1) is 24.1. The van der Waals surface area contributed by atoms with Gasteiger partial charge in [-0.25, -0.2) is 5.43 Å². The van der Waals surface area contributed by atoms with Gasteiger partial charge >= 0.3 is 0 Å². The van der Waals surface area contributed by atoms with E-state index in [0.29, 0.717) is 33.0 Å². The molecule has 1 saturated heterocycles. The number of halogens is 3. The molecule has 3 aromatic carbocycles. The number of benzene rings is 3. The minimum absolute atomic E-state index is 0.111. The molecule has 0 spiro atoms. The number of hydrogen-bond acceptors (Lipinski definition) is 4. The fourth-order valence-electron chi connectivity index (χ4n) is 3.49. The Kier molecular flexibility index (Phi) is 7.73. The third kappa shape index (κ3) is 5.89. The van der Waals surface area contributed by atoms with Crippen LogP contribution in [0.15, 0.2) is 71.8 Å². The van der Waals surface area contributed by atoms with E-state index in [9.17, 15) is 9.59 Å². The summed E-state index contributed by atoms with van der Waals surface area (Å²) in [6, 6.07) is 19.4. The van der Waals surface area contributed by atoms with Gasteiger partial charge in [-0.3, -0.25) is 9.59 Å². The Hall–Kier alpha value is -3.06. The molecule has 0 aliphatic carbocycles. The topological polar surface area (TPSA) is 71.0 Å². The fraction of sp³-hybridized carbons (Fsp3) is 0.160. The minimum Gasteiger partial charge on any atom is -0.489 e. The summed E-state index contributed by atoms with van der Waals surface area (Å²) in [5.41, 5.74) is 4.73. The largest absolute Gasteiger partial charge is 0.489 e. The van der Waals surface area contributed by atoms with Gasteiger partial charge in [-0.1, -0.05) is 40.9 Å². The van der Waals surface area contributed by atoms with E-state index < -0.39 is 5.92 Å². The molecule has 9 heteroatoms. The molecule has 3 aromatic rings. The predicted octanol–water partition coefficient (Wildman–Crippen LogP) is 5.73. The van der Waals surface area contributed by atoms with E-state index in [0.717, 1.165) is 11.1 Å². The Morgan fingerprint density at radius 2 is 1.71 bits per heavy atom. The maximum Gasteiger partial charge on any atom is 0.245 e. The quantitative estimate of drug-likeness (QED) is 0.322. The molecule has 1 fully saturated rings. The molecular formula is C25H20Cl3N3O3. The first-order valence-electron chi connectivity index (χ1n) is 10.5. The second kappa shape index (κ2) is 10.9. The molecule has 0 radical (unpaired) electrons. The summed E-state index contributed by atoms with van der Waals surface area (Å²) >= 11 is 18.2. The zero-order valence-corrected chi connectivity index (χ0v) is 20.1. The van der Waals surface area contributed by atoms with Gasteiger partial charge < -0.3 is 9.64 Å². The predicted molar refractivity (Wildman–Crippen MR) is 135 cm³/mol. The molecule has 2 amide bonds. The van der Waals surface area contributed by atoms with Crippen molar-refractivity contribution in [1.29, 1.82) is 0 Å². The molecule has 1 aliphatic heterocycles. The monoisotopic (exact) mass is 515 g/mol. The Bertz CT molecular complexity index is 1190. The number of carbonyl (C=O) groups excluding carboxylic acids is 2. The van der Waals surface area contributed by atoms with Crippen molar-refractivity contribution < 1.29 is 14.3 Å². The van der Waals surface area contributed by atoms with Crippen LogP contribution in [0.25, 0.3) is 0 Å². The Labute approximate surface area is 212 Å². The van der Waals surface area contributed by atoms with Crippen LogP contribution in [0.1, 0.15) is 17.5 Å². The van der Waals surface area contributed by atoms with Crippen LogP contribution in [0.4, 0.5) is 5.69 Å².